The van der Waals surface area contributed by atoms with Gasteiger partial charge in [-0.1, -0.05) is 110 Å². The van der Waals surface area contributed by atoms with Crippen molar-refractivity contribution in [2.45, 2.75) is 63.9 Å². The van der Waals surface area contributed by atoms with Crippen LogP contribution in [-0.4, -0.2) is 41.8 Å². The summed E-state index contributed by atoms with van der Waals surface area (Å²) in [6, 6.07) is 51.9. The molecule has 8 aromatic rings. The van der Waals surface area contributed by atoms with E-state index >= 15 is 0 Å². The largest absolute Gasteiger partial charge is 0.287 e. The molecule has 0 N–H and O–H groups in total. The monoisotopic (exact) mass is 678 g/mol. The van der Waals surface area contributed by atoms with Crippen molar-refractivity contribution >= 4 is 43.6 Å². The SMILES string of the molecule is c1ccc2nc(CN(Cc3ccc4ccccc4n3)[C@@H]3CCCC[C@H]3N(Cc3ccc4ccccc4n3)Cc3ccc4ccccc4n3)ccc2c1. The second-order valence-electron chi connectivity index (χ2n) is 14.2. The van der Waals surface area contributed by atoms with E-state index in [1.807, 2.05) is 0 Å². The maximum absolute atomic E-state index is 5.17. The van der Waals surface area contributed by atoms with Crippen LogP contribution in [0.15, 0.2) is 146 Å². The minimum Gasteiger partial charge on any atom is -0.287 e. The average molecular weight is 679 g/mol. The molecule has 0 spiro atoms. The summed E-state index contributed by atoms with van der Waals surface area (Å²) < 4.78 is 0. The number of benzene rings is 4. The first-order chi connectivity index (χ1) is 25.7. The highest BCUT2D eigenvalue weighted by atomic mass is 15.3. The third kappa shape index (κ3) is 7.00. The van der Waals surface area contributed by atoms with Gasteiger partial charge in [-0.25, -0.2) is 0 Å². The molecule has 0 unspecified atom stereocenters. The molecule has 1 saturated carbocycles. The van der Waals surface area contributed by atoms with Crippen LogP contribution in [0, 0.1) is 0 Å². The highest BCUT2D eigenvalue weighted by Crippen LogP contribution is 2.32. The zero-order chi connectivity index (χ0) is 34.7. The Hall–Kier alpha value is -5.56. The van der Waals surface area contributed by atoms with Gasteiger partial charge in [0.1, 0.15) is 0 Å². The predicted molar refractivity (Wildman–Crippen MR) is 212 cm³/mol. The third-order valence-corrected chi connectivity index (χ3v) is 10.7. The fourth-order valence-corrected chi connectivity index (χ4v) is 8.14. The van der Waals surface area contributed by atoms with Crippen LogP contribution in [0.3, 0.4) is 0 Å². The maximum Gasteiger partial charge on any atom is 0.0705 e. The summed E-state index contributed by atoms with van der Waals surface area (Å²) in [5, 5.41) is 4.67. The van der Waals surface area contributed by atoms with Crippen LogP contribution >= 0.6 is 0 Å². The van der Waals surface area contributed by atoms with Crippen molar-refractivity contribution in [3.63, 3.8) is 0 Å². The van der Waals surface area contributed by atoms with Crippen LogP contribution in [-0.2, 0) is 26.2 Å². The molecule has 0 amide bonds. The first kappa shape index (κ1) is 32.4. The highest BCUT2D eigenvalue weighted by molar-refractivity contribution is 5.80. The van der Waals surface area contributed by atoms with E-state index in [2.05, 4.69) is 155 Å². The summed E-state index contributed by atoms with van der Waals surface area (Å²) in [6.45, 7) is 2.99. The lowest BCUT2D eigenvalue weighted by atomic mass is 9.87. The number of pyridine rings is 4. The lowest BCUT2D eigenvalue weighted by Gasteiger charge is -2.45. The number of para-hydroxylation sites is 4. The summed E-state index contributed by atoms with van der Waals surface area (Å²) in [6.07, 6.45) is 4.62. The summed E-state index contributed by atoms with van der Waals surface area (Å²) in [7, 11) is 0. The molecule has 4 heterocycles. The fraction of sp³-hybridized carbons (Fsp3) is 0.217. The Bertz CT molecular complexity index is 2160. The molecular formula is C46H42N6. The second kappa shape index (κ2) is 14.6. The van der Waals surface area contributed by atoms with Gasteiger partial charge in [0, 0.05) is 59.8 Å². The van der Waals surface area contributed by atoms with E-state index in [1.165, 1.54) is 34.4 Å². The lowest BCUT2D eigenvalue weighted by Crippen LogP contribution is -2.52. The van der Waals surface area contributed by atoms with Crippen molar-refractivity contribution in [1.29, 1.82) is 0 Å². The van der Waals surface area contributed by atoms with Crippen molar-refractivity contribution < 1.29 is 0 Å². The van der Waals surface area contributed by atoms with Crippen LogP contribution in [0.1, 0.15) is 48.5 Å². The Morgan fingerprint density at radius 2 is 0.615 bits per heavy atom. The molecular weight excluding hydrogens is 637 g/mol. The summed E-state index contributed by atoms with van der Waals surface area (Å²) in [5.41, 5.74) is 8.49. The van der Waals surface area contributed by atoms with Gasteiger partial charge in [-0.3, -0.25) is 29.7 Å². The summed E-state index contributed by atoms with van der Waals surface area (Å²) >= 11 is 0. The van der Waals surface area contributed by atoms with Crippen LogP contribution in [0.5, 0.6) is 0 Å². The van der Waals surface area contributed by atoms with Crippen LogP contribution in [0.4, 0.5) is 0 Å². The van der Waals surface area contributed by atoms with E-state index in [9.17, 15) is 0 Å². The zero-order valence-electron chi connectivity index (χ0n) is 29.4. The molecule has 256 valence electrons. The standard InChI is InChI=1S/C46H42N6/c1-5-15-41-33(11-1)21-25-37(47-41)29-51(30-38-26-22-34-12-2-6-16-42(34)48-38)45-19-9-10-20-46(45)52(31-39-27-23-35-13-3-7-17-43(35)49-39)32-40-28-24-36-14-4-8-18-44(36)50-40/h1-8,11-18,21-28,45-46H,9-10,19-20,29-32H2/t45-,46-/m1/s1. The third-order valence-electron chi connectivity index (χ3n) is 10.7. The highest BCUT2D eigenvalue weighted by Gasteiger charge is 2.35. The van der Waals surface area contributed by atoms with Gasteiger partial charge in [-0.2, -0.15) is 0 Å². The van der Waals surface area contributed by atoms with Gasteiger partial charge in [0.25, 0.3) is 0 Å². The Kier molecular flexibility index (Phi) is 9.07. The van der Waals surface area contributed by atoms with Crippen molar-refractivity contribution in [3.8, 4) is 0 Å². The number of hydrogen-bond acceptors (Lipinski definition) is 6. The smallest absolute Gasteiger partial charge is 0.0705 e. The molecule has 4 aromatic heterocycles. The number of aromatic nitrogens is 4. The quantitative estimate of drug-likeness (QED) is 0.144. The van der Waals surface area contributed by atoms with Gasteiger partial charge in [0.15, 0.2) is 0 Å². The number of rotatable bonds is 10. The van der Waals surface area contributed by atoms with Crippen molar-refractivity contribution in [1.82, 2.24) is 29.7 Å². The Labute approximate surface area is 304 Å². The molecule has 1 aliphatic rings. The molecule has 9 rings (SSSR count). The molecule has 4 aromatic carbocycles. The minimum absolute atomic E-state index is 0.288. The van der Waals surface area contributed by atoms with Gasteiger partial charge in [-0.15, -0.1) is 0 Å². The molecule has 6 heteroatoms. The molecule has 1 aliphatic carbocycles. The molecule has 1 fully saturated rings. The van der Waals surface area contributed by atoms with Gasteiger partial charge in [0.2, 0.25) is 0 Å². The van der Waals surface area contributed by atoms with E-state index < -0.39 is 0 Å². The van der Waals surface area contributed by atoms with E-state index in [0.717, 1.165) is 83.9 Å². The predicted octanol–water partition coefficient (Wildman–Crippen LogP) is 9.90. The first-order valence-electron chi connectivity index (χ1n) is 18.6. The number of hydrogen-bond donors (Lipinski definition) is 0. The van der Waals surface area contributed by atoms with E-state index in [4.69, 9.17) is 19.9 Å². The van der Waals surface area contributed by atoms with Gasteiger partial charge in [0.05, 0.1) is 44.8 Å². The average Bonchev–Trinajstić information content (AvgIpc) is 3.20. The van der Waals surface area contributed by atoms with E-state index in [0.29, 0.717) is 0 Å². The Morgan fingerprint density at radius 3 is 0.904 bits per heavy atom. The number of nitrogens with zero attached hydrogens (tertiary/aromatic N) is 6. The van der Waals surface area contributed by atoms with Crippen LogP contribution in [0.2, 0.25) is 0 Å². The first-order valence-corrected chi connectivity index (χ1v) is 18.6. The second-order valence-corrected chi connectivity index (χ2v) is 14.2. The lowest BCUT2D eigenvalue weighted by molar-refractivity contribution is 0.0274. The molecule has 0 aliphatic heterocycles. The molecule has 0 bridgehead atoms. The van der Waals surface area contributed by atoms with E-state index in [1.54, 1.807) is 0 Å². The summed E-state index contributed by atoms with van der Waals surface area (Å²) in [4.78, 5) is 26.0. The maximum atomic E-state index is 5.17. The molecule has 0 radical (unpaired) electrons. The van der Waals surface area contributed by atoms with Crippen LogP contribution < -0.4 is 0 Å². The van der Waals surface area contributed by atoms with Crippen molar-refractivity contribution in [2.24, 2.45) is 0 Å². The van der Waals surface area contributed by atoms with Gasteiger partial charge >= 0.3 is 0 Å². The molecule has 52 heavy (non-hydrogen) atoms. The minimum atomic E-state index is 0.288. The van der Waals surface area contributed by atoms with Crippen molar-refractivity contribution in [2.75, 3.05) is 0 Å². The van der Waals surface area contributed by atoms with Gasteiger partial charge in [-0.05, 0) is 61.4 Å². The Morgan fingerprint density at radius 1 is 0.346 bits per heavy atom. The molecule has 0 saturated heterocycles. The van der Waals surface area contributed by atoms with Crippen LogP contribution in [0.25, 0.3) is 43.6 Å². The molecule has 6 nitrogen and oxygen atoms in total. The topological polar surface area (TPSA) is 58.0 Å². The number of fused-ring (bicyclic) bond motifs is 4. The van der Waals surface area contributed by atoms with Crippen molar-refractivity contribution in [3.05, 3.63) is 168 Å². The Balaban J connectivity index is 1.10. The summed E-state index contributed by atoms with van der Waals surface area (Å²) in [5.74, 6) is 0. The zero-order valence-corrected chi connectivity index (χ0v) is 29.4. The fourth-order valence-electron chi connectivity index (χ4n) is 8.14. The van der Waals surface area contributed by atoms with Gasteiger partial charge < -0.3 is 0 Å². The molecule has 2 atom stereocenters. The normalized spacial score (nSPS) is 16.4. The van der Waals surface area contributed by atoms with E-state index in [-0.39, 0.29) is 12.1 Å².